The summed E-state index contributed by atoms with van der Waals surface area (Å²) in [5, 5.41) is 1.96. The zero-order valence-electron chi connectivity index (χ0n) is 11.4. The van der Waals surface area contributed by atoms with Gasteiger partial charge in [-0.3, -0.25) is 0 Å². The Balaban J connectivity index is 2.23. The van der Waals surface area contributed by atoms with Crippen molar-refractivity contribution in [2.45, 2.75) is 13.5 Å². The van der Waals surface area contributed by atoms with E-state index in [0.29, 0.717) is 30.2 Å². The fraction of sp³-hybridized carbons (Fsp3) is 0.308. The molecule has 2 heterocycles. The van der Waals surface area contributed by atoms with Gasteiger partial charge in [-0.25, -0.2) is 14.8 Å². The van der Waals surface area contributed by atoms with Crippen LogP contribution < -0.4 is 10.6 Å². The van der Waals surface area contributed by atoms with Crippen LogP contribution in [0.3, 0.4) is 0 Å². The van der Waals surface area contributed by atoms with Gasteiger partial charge in [0.2, 0.25) is 0 Å². The molecule has 0 aliphatic rings. The maximum Gasteiger partial charge on any atom is 0.340 e. The number of rotatable bonds is 5. The first-order chi connectivity index (χ1) is 9.63. The van der Waals surface area contributed by atoms with Gasteiger partial charge in [0.1, 0.15) is 0 Å². The van der Waals surface area contributed by atoms with E-state index in [4.69, 9.17) is 10.5 Å². The second-order valence-electron chi connectivity index (χ2n) is 4.15. The molecule has 0 atom stereocenters. The van der Waals surface area contributed by atoms with E-state index in [1.807, 2.05) is 17.3 Å². The maximum atomic E-state index is 11.8. The number of nitrogen functional groups attached to an aromatic ring is 1. The van der Waals surface area contributed by atoms with Crippen molar-refractivity contribution in [3.05, 3.63) is 34.4 Å². The number of aromatic nitrogens is 2. The van der Waals surface area contributed by atoms with Crippen LogP contribution in [0, 0.1) is 0 Å². The summed E-state index contributed by atoms with van der Waals surface area (Å²) in [5.41, 5.74) is 9.38. The molecule has 0 aliphatic heterocycles. The van der Waals surface area contributed by atoms with E-state index in [0.717, 1.165) is 5.69 Å². The Kier molecular flexibility index (Phi) is 4.52. The highest BCUT2D eigenvalue weighted by Crippen LogP contribution is 2.24. The number of anilines is 2. The molecule has 0 bridgehead atoms. The van der Waals surface area contributed by atoms with E-state index in [1.54, 1.807) is 24.7 Å². The molecule has 0 saturated heterocycles. The Bertz CT molecular complexity index is 586. The van der Waals surface area contributed by atoms with E-state index in [9.17, 15) is 4.79 Å². The molecule has 0 spiro atoms. The fourth-order valence-corrected chi connectivity index (χ4v) is 2.34. The molecule has 2 aromatic rings. The lowest BCUT2D eigenvalue weighted by Gasteiger charge is -2.19. The summed E-state index contributed by atoms with van der Waals surface area (Å²) in [6.07, 6.45) is 1.55. The third kappa shape index (κ3) is 3.05. The maximum absolute atomic E-state index is 11.8. The smallest absolute Gasteiger partial charge is 0.340 e. The van der Waals surface area contributed by atoms with Crippen LogP contribution >= 0.6 is 11.3 Å². The second kappa shape index (κ2) is 6.33. The molecule has 20 heavy (non-hydrogen) atoms. The molecule has 6 nitrogen and oxygen atoms in total. The van der Waals surface area contributed by atoms with E-state index >= 15 is 0 Å². The average molecular weight is 292 g/mol. The molecule has 106 valence electrons. The Morgan fingerprint density at radius 2 is 2.30 bits per heavy atom. The Labute approximate surface area is 121 Å². The Hall–Kier alpha value is -2.15. The molecule has 0 aromatic carbocycles. The highest BCUT2D eigenvalue weighted by atomic mass is 32.1. The van der Waals surface area contributed by atoms with Crippen LogP contribution in [0.4, 0.5) is 11.5 Å². The van der Waals surface area contributed by atoms with Crippen LogP contribution in [0.5, 0.6) is 0 Å². The molecule has 2 aromatic heterocycles. The van der Waals surface area contributed by atoms with E-state index < -0.39 is 5.97 Å². The van der Waals surface area contributed by atoms with Gasteiger partial charge in [0.25, 0.3) is 0 Å². The minimum absolute atomic E-state index is 0.310. The molecular weight excluding hydrogens is 276 g/mol. The number of thiazole rings is 1. The molecule has 0 radical (unpaired) electrons. The number of hydrogen-bond donors (Lipinski definition) is 1. The van der Waals surface area contributed by atoms with Gasteiger partial charge in [-0.1, -0.05) is 0 Å². The lowest BCUT2D eigenvalue weighted by molar-refractivity contribution is 0.0527. The average Bonchev–Trinajstić information content (AvgIpc) is 2.92. The lowest BCUT2D eigenvalue weighted by Crippen LogP contribution is -2.21. The highest BCUT2D eigenvalue weighted by Gasteiger charge is 2.17. The highest BCUT2D eigenvalue weighted by molar-refractivity contribution is 7.07. The van der Waals surface area contributed by atoms with Crippen molar-refractivity contribution in [2.75, 3.05) is 24.3 Å². The molecule has 0 saturated carbocycles. The van der Waals surface area contributed by atoms with Crippen LogP contribution in [-0.4, -0.2) is 29.6 Å². The van der Waals surface area contributed by atoms with E-state index in [2.05, 4.69) is 9.97 Å². The van der Waals surface area contributed by atoms with E-state index in [1.165, 1.54) is 11.3 Å². The fourth-order valence-electron chi connectivity index (χ4n) is 1.79. The van der Waals surface area contributed by atoms with Crippen LogP contribution in [0.15, 0.2) is 23.2 Å². The summed E-state index contributed by atoms with van der Waals surface area (Å²) in [6, 6.07) is 1.56. The predicted molar refractivity (Wildman–Crippen MR) is 78.8 cm³/mol. The van der Waals surface area contributed by atoms with Gasteiger partial charge in [0, 0.05) is 18.6 Å². The Morgan fingerprint density at radius 1 is 1.50 bits per heavy atom. The van der Waals surface area contributed by atoms with Crippen molar-refractivity contribution in [1.82, 2.24) is 9.97 Å². The number of carbonyl (C=O) groups is 1. The van der Waals surface area contributed by atoms with Crippen molar-refractivity contribution < 1.29 is 9.53 Å². The number of hydrogen-bond acceptors (Lipinski definition) is 7. The van der Waals surface area contributed by atoms with Gasteiger partial charge in [-0.2, -0.15) is 0 Å². The number of ether oxygens (including phenoxy) is 1. The number of pyridine rings is 1. The van der Waals surface area contributed by atoms with Gasteiger partial charge in [0.05, 0.1) is 35.6 Å². The van der Waals surface area contributed by atoms with Crippen molar-refractivity contribution >= 4 is 28.8 Å². The predicted octanol–water partition coefficient (Wildman–Crippen LogP) is 1.93. The molecular formula is C13H16N4O2S. The zero-order valence-corrected chi connectivity index (χ0v) is 12.2. The Morgan fingerprint density at radius 3 is 2.95 bits per heavy atom. The molecule has 7 heteroatoms. The quantitative estimate of drug-likeness (QED) is 0.848. The molecule has 0 aliphatic carbocycles. The first-order valence-electron chi connectivity index (χ1n) is 6.13. The summed E-state index contributed by atoms with van der Waals surface area (Å²) < 4.78 is 4.97. The van der Waals surface area contributed by atoms with Crippen LogP contribution in [0.1, 0.15) is 23.0 Å². The van der Waals surface area contributed by atoms with Gasteiger partial charge >= 0.3 is 5.97 Å². The first-order valence-corrected chi connectivity index (χ1v) is 7.07. The summed E-state index contributed by atoms with van der Waals surface area (Å²) >= 11 is 1.53. The van der Waals surface area contributed by atoms with Gasteiger partial charge in [0.15, 0.2) is 5.82 Å². The molecule has 0 amide bonds. The second-order valence-corrected chi connectivity index (χ2v) is 4.87. The standard InChI is InChI=1S/C13H16N4O2S/c1-3-19-13(18)10-4-5-15-12(11(10)14)17(2)6-9-7-20-8-16-9/h4-5,7-8H,3,6,14H2,1-2H3. The van der Waals surface area contributed by atoms with Gasteiger partial charge in [-0.15, -0.1) is 11.3 Å². The normalized spacial score (nSPS) is 10.3. The van der Waals surface area contributed by atoms with Crippen molar-refractivity contribution in [3.63, 3.8) is 0 Å². The third-order valence-corrected chi connectivity index (χ3v) is 3.34. The SMILES string of the molecule is CCOC(=O)c1ccnc(N(C)Cc2cscn2)c1N. The first kappa shape index (κ1) is 14.3. The number of nitrogens with zero attached hydrogens (tertiary/aromatic N) is 3. The number of carbonyl (C=O) groups excluding carboxylic acids is 1. The summed E-state index contributed by atoms with van der Waals surface area (Å²) in [4.78, 5) is 22.1. The van der Waals surface area contributed by atoms with Crippen LogP contribution in [-0.2, 0) is 11.3 Å². The molecule has 0 unspecified atom stereocenters. The lowest BCUT2D eigenvalue weighted by atomic mass is 10.2. The van der Waals surface area contributed by atoms with Crippen LogP contribution in [0.25, 0.3) is 0 Å². The number of esters is 1. The van der Waals surface area contributed by atoms with Crippen molar-refractivity contribution in [1.29, 1.82) is 0 Å². The third-order valence-electron chi connectivity index (χ3n) is 2.71. The largest absolute Gasteiger partial charge is 0.462 e. The van der Waals surface area contributed by atoms with Crippen molar-refractivity contribution in [2.24, 2.45) is 0 Å². The van der Waals surface area contributed by atoms with Crippen LogP contribution in [0.2, 0.25) is 0 Å². The van der Waals surface area contributed by atoms with E-state index in [-0.39, 0.29) is 0 Å². The summed E-state index contributed by atoms with van der Waals surface area (Å²) in [5.74, 6) is 0.110. The van der Waals surface area contributed by atoms with Gasteiger partial charge < -0.3 is 15.4 Å². The monoisotopic (exact) mass is 292 g/mol. The van der Waals surface area contributed by atoms with Gasteiger partial charge in [-0.05, 0) is 13.0 Å². The zero-order chi connectivity index (χ0) is 14.5. The number of nitrogens with two attached hydrogens (primary N) is 1. The topological polar surface area (TPSA) is 81.3 Å². The molecule has 0 fully saturated rings. The molecule has 2 N–H and O–H groups in total. The minimum atomic E-state index is -0.435. The summed E-state index contributed by atoms with van der Waals surface area (Å²) in [7, 11) is 1.85. The minimum Gasteiger partial charge on any atom is -0.462 e. The van der Waals surface area contributed by atoms with Crippen molar-refractivity contribution in [3.8, 4) is 0 Å². The molecule has 2 rings (SSSR count). The summed E-state index contributed by atoms with van der Waals surface area (Å²) in [6.45, 7) is 2.64.